The molecule has 3 aliphatic rings. The molecule has 7 heteroatoms. The number of allylic oxidation sites excluding steroid dienone is 2. The Kier molecular flexibility index (Phi) is 6.35. The Bertz CT molecular complexity index is 834. The standard InChI is InChI=1S/C22H29FN2O3S/c1-2-15-4-6-16(7-5-15)14-28-21-13-20(23)19(12-18(21)17-8-9-17)22(26)24-29(27)25-10-3-11-25/h4,12-13,16-17H,2-3,5-11,14H2,1H3,(H,24,26). The number of ether oxygens (including phenoxy) is 1. The molecule has 1 aromatic rings. The monoisotopic (exact) mass is 420 g/mol. The predicted octanol–water partition coefficient (Wildman–Crippen LogP) is 4.23. The van der Waals surface area contributed by atoms with Gasteiger partial charge in [0.15, 0.2) is 11.2 Å². The summed E-state index contributed by atoms with van der Waals surface area (Å²) < 4.78 is 36.9. The molecule has 2 unspecified atom stereocenters. The molecular weight excluding hydrogens is 391 g/mol. The van der Waals surface area contributed by atoms with Crippen LogP contribution in [0.15, 0.2) is 23.8 Å². The van der Waals surface area contributed by atoms with E-state index in [1.807, 2.05) is 0 Å². The number of benzene rings is 1. The lowest BCUT2D eigenvalue weighted by molar-refractivity contribution is 0.0976. The molecule has 0 spiro atoms. The molecule has 1 aliphatic heterocycles. The molecule has 1 heterocycles. The highest BCUT2D eigenvalue weighted by Gasteiger charge is 2.31. The molecule has 2 aliphatic carbocycles. The number of rotatable bonds is 8. The first-order valence-electron chi connectivity index (χ1n) is 10.7. The Morgan fingerprint density at radius 3 is 2.69 bits per heavy atom. The molecule has 1 N–H and O–H groups in total. The highest BCUT2D eigenvalue weighted by molar-refractivity contribution is 7.81. The minimum Gasteiger partial charge on any atom is -0.493 e. The van der Waals surface area contributed by atoms with Crippen molar-refractivity contribution in [3.63, 3.8) is 0 Å². The fraction of sp³-hybridized carbons (Fsp3) is 0.591. The molecular formula is C22H29FN2O3S. The van der Waals surface area contributed by atoms with E-state index < -0.39 is 22.9 Å². The molecule has 1 saturated carbocycles. The maximum absolute atomic E-state index is 14.7. The maximum atomic E-state index is 14.7. The Balaban J connectivity index is 1.44. The predicted molar refractivity (Wildman–Crippen MR) is 111 cm³/mol. The number of carbonyl (C=O) groups excluding carboxylic acids is 1. The summed E-state index contributed by atoms with van der Waals surface area (Å²) in [5, 5.41) is 0. The average molecular weight is 421 g/mol. The summed E-state index contributed by atoms with van der Waals surface area (Å²) in [6.07, 6.45) is 9.65. The van der Waals surface area contributed by atoms with E-state index in [9.17, 15) is 13.4 Å². The second-order valence-corrected chi connectivity index (χ2v) is 9.49. The van der Waals surface area contributed by atoms with Crippen molar-refractivity contribution in [1.82, 2.24) is 9.03 Å². The third kappa shape index (κ3) is 4.89. The fourth-order valence-corrected chi connectivity index (χ4v) is 4.85. The van der Waals surface area contributed by atoms with Gasteiger partial charge in [0.1, 0.15) is 11.6 Å². The molecule has 4 rings (SSSR count). The summed E-state index contributed by atoms with van der Waals surface area (Å²) in [6, 6.07) is 2.94. The zero-order valence-electron chi connectivity index (χ0n) is 16.9. The van der Waals surface area contributed by atoms with Crippen molar-refractivity contribution in [2.45, 2.75) is 57.8 Å². The summed E-state index contributed by atoms with van der Waals surface area (Å²) in [4.78, 5) is 12.5. The van der Waals surface area contributed by atoms with Gasteiger partial charge < -0.3 is 4.74 Å². The van der Waals surface area contributed by atoms with E-state index in [0.717, 1.165) is 50.5 Å². The molecule has 1 amide bonds. The number of amides is 1. The third-order valence-electron chi connectivity index (χ3n) is 6.13. The van der Waals surface area contributed by atoms with Gasteiger partial charge in [-0.1, -0.05) is 18.6 Å². The number of carbonyl (C=O) groups is 1. The summed E-state index contributed by atoms with van der Waals surface area (Å²) in [5.41, 5.74) is 2.35. The van der Waals surface area contributed by atoms with E-state index in [4.69, 9.17) is 4.74 Å². The number of halogens is 1. The quantitative estimate of drug-likeness (QED) is 0.640. The van der Waals surface area contributed by atoms with Crippen LogP contribution in [0.25, 0.3) is 0 Å². The summed E-state index contributed by atoms with van der Waals surface area (Å²) in [7, 11) is 0. The van der Waals surface area contributed by atoms with E-state index in [1.54, 1.807) is 10.4 Å². The van der Waals surface area contributed by atoms with E-state index in [-0.39, 0.29) is 5.56 Å². The largest absolute Gasteiger partial charge is 0.493 e. The van der Waals surface area contributed by atoms with Crippen molar-refractivity contribution in [1.29, 1.82) is 0 Å². The van der Waals surface area contributed by atoms with E-state index in [1.165, 1.54) is 11.6 Å². The minimum absolute atomic E-state index is 0.0543. The normalized spacial score (nSPS) is 23.1. The van der Waals surface area contributed by atoms with E-state index in [0.29, 0.717) is 37.3 Å². The Labute approximate surface area is 174 Å². The smallest absolute Gasteiger partial charge is 0.266 e. The van der Waals surface area contributed by atoms with Crippen molar-refractivity contribution in [3.05, 3.63) is 40.7 Å². The zero-order valence-corrected chi connectivity index (χ0v) is 17.7. The number of nitrogens with one attached hydrogen (secondary N) is 1. The second kappa shape index (κ2) is 8.96. The van der Waals surface area contributed by atoms with Crippen LogP contribution in [0.1, 0.15) is 73.7 Å². The zero-order chi connectivity index (χ0) is 20.4. The molecule has 2 fully saturated rings. The van der Waals surface area contributed by atoms with Crippen molar-refractivity contribution in [2.75, 3.05) is 19.7 Å². The van der Waals surface area contributed by atoms with Gasteiger partial charge in [0.05, 0.1) is 12.2 Å². The maximum Gasteiger partial charge on any atom is 0.266 e. The summed E-state index contributed by atoms with van der Waals surface area (Å²) >= 11 is -1.60. The summed E-state index contributed by atoms with van der Waals surface area (Å²) in [6.45, 7) is 4.12. The fourth-order valence-electron chi connectivity index (χ4n) is 3.86. The molecule has 29 heavy (non-hydrogen) atoms. The van der Waals surface area contributed by atoms with Gasteiger partial charge in [-0.3, -0.25) is 9.52 Å². The van der Waals surface area contributed by atoms with Gasteiger partial charge in [0.25, 0.3) is 5.91 Å². The molecule has 0 aromatic heterocycles. The van der Waals surface area contributed by atoms with Gasteiger partial charge >= 0.3 is 0 Å². The van der Waals surface area contributed by atoms with Gasteiger partial charge in [-0.15, -0.1) is 0 Å². The summed E-state index contributed by atoms with van der Waals surface area (Å²) in [5.74, 6) is 0.0546. The first-order chi connectivity index (χ1) is 14.0. The lowest BCUT2D eigenvalue weighted by Gasteiger charge is -2.28. The van der Waals surface area contributed by atoms with E-state index >= 15 is 0 Å². The van der Waals surface area contributed by atoms with Gasteiger partial charge in [-0.05, 0) is 68.4 Å². The van der Waals surface area contributed by atoms with Crippen molar-refractivity contribution in [3.8, 4) is 5.75 Å². The highest BCUT2D eigenvalue weighted by Crippen LogP contribution is 2.45. The lowest BCUT2D eigenvalue weighted by Crippen LogP contribution is -2.45. The first kappa shape index (κ1) is 20.5. The van der Waals surface area contributed by atoms with Gasteiger partial charge in [-0.25, -0.2) is 12.9 Å². The first-order valence-corrected chi connectivity index (χ1v) is 11.8. The third-order valence-corrected chi connectivity index (χ3v) is 7.33. The van der Waals surface area contributed by atoms with Crippen molar-refractivity contribution < 1.29 is 18.1 Å². The van der Waals surface area contributed by atoms with Gasteiger partial charge in [-0.2, -0.15) is 0 Å². The van der Waals surface area contributed by atoms with Crippen LogP contribution in [0, 0.1) is 11.7 Å². The van der Waals surface area contributed by atoms with Crippen LogP contribution in [-0.4, -0.2) is 34.1 Å². The molecule has 1 aromatic carbocycles. The van der Waals surface area contributed by atoms with Crippen molar-refractivity contribution >= 4 is 17.1 Å². The van der Waals surface area contributed by atoms with Crippen LogP contribution in [0.5, 0.6) is 5.75 Å². The molecule has 5 nitrogen and oxygen atoms in total. The lowest BCUT2D eigenvalue weighted by atomic mass is 9.89. The Morgan fingerprint density at radius 2 is 2.10 bits per heavy atom. The molecule has 0 radical (unpaired) electrons. The molecule has 1 saturated heterocycles. The van der Waals surface area contributed by atoms with Crippen LogP contribution in [0.4, 0.5) is 4.39 Å². The molecule has 158 valence electrons. The SMILES string of the molecule is CCC1=CCC(COc2cc(F)c(C(=O)NS(=O)N3CCC3)cc2C2CC2)CC1. The topological polar surface area (TPSA) is 58.6 Å². The van der Waals surface area contributed by atoms with Crippen LogP contribution in [-0.2, 0) is 11.2 Å². The van der Waals surface area contributed by atoms with Crippen LogP contribution >= 0.6 is 0 Å². The molecule has 2 atom stereocenters. The Morgan fingerprint density at radius 1 is 1.31 bits per heavy atom. The van der Waals surface area contributed by atoms with E-state index in [2.05, 4.69) is 17.7 Å². The van der Waals surface area contributed by atoms with Crippen molar-refractivity contribution in [2.24, 2.45) is 5.92 Å². The van der Waals surface area contributed by atoms with Crippen LogP contribution in [0.3, 0.4) is 0 Å². The minimum atomic E-state index is -1.60. The number of hydrogen-bond donors (Lipinski definition) is 1. The average Bonchev–Trinajstić information content (AvgIpc) is 3.50. The number of nitrogens with zero attached hydrogens (tertiary/aromatic N) is 1. The highest BCUT2D eigenvalue weighted by atomic mass is 32.2. The van der Waals surface area contributed by atoms with Gasteiger partial charge in [0.2, 0.25) is 0 Å². The Hall–Kier alpha value is -1.73. The van der Waals surface area contributed by atoms with Crippen LogP contribution in [0.2, 0.25) is 0 Å². The van der Waals surface area contributed by atoms with Gasteiger partial charge in [0, 0.05) is 19.2 Å². The second-order valence-electron chi connectivity index (χ2n) is 8.27. The molecule has 0 bridgehead atoms. The number of hydrogen-bond acceptors (Lipinski definition) is 3. The van der Waals surface area contributed by atoms with Crippen LogP contribution < -0.4 is 9.46 Å².